The fourth-order valence-corrected chi connectivity index (χ4v) is 4.86. The number of carbonyl (C=O) groups is 1. The molecule has 1 fully saturated rings. The summed E-state index contributed by atoms with van der Waals surface area (Å²) < 4.78 is 1.36. The van der Waals surface area contributed by atoms with Crippen molar-refractivity contribution in [2.75, 3.05) is 0 Å². The first kappa shape index (κ1) is 16.3. The molecule has 1 aliphatic heterocycles. The third kappa shape index (κ3) is 2.85. The Hall–Kier alpha value is -2.19. The van der Waals surface area contributed by atoms with Gasteiger partial charge < -0.3 is 10.1 Å². The molecule has 0 radical (unpaired) electrons. The van der Waals surface area contributed by atoms with Crippen LogP contribution >= 0.6 is 27.3 Å². The van der Waals surface area contributed by atoms with Gasteiger partial charge in [0.15, 0.2) is 0 Å². The molecule has 25 heavy (non-hydrogen) atoms. The van der Waals surface area contributed by atoms with Gasteiger partial charge in [0.05, 0.1) is 21.4 Å². The third-order valence-electron chi connectivity index (χ3n) is 4.48. The lowest BCUT2D eigenvalue weighted by Crippen LogP contribution is -2.33. The molecule has 1 aromatic carbocycles. The van der Waals surface area contributed by atoms with E-state index in [2.05, 4.69) is 25.9 Å². The molecule has 2 aromatic heterocycles. The van der Waals surface area contributed by atoms with Crippen molar-refractivity contribution in [2.24, 2.45) is 0 Å². The summed E-state index contributed by atoms with van der Waals surface area (Å²) in [7, 11) is 0. The van der Waals surface area contributed by atoms with Gasteiger partial charge in [0.25, 0.3) is 5.56 Å². The maximum absolute atomic E-state index is 12.3. The molecule has 1 aliphatic rings. The number of aromatic nitrogens is 2. The molecule has 1 amide bonds. The first-order valence-electron chi connectivity index (χ1n) is 7.80. The number of thiophene rings is 1. The number of nitrogens with zero attached hydrogens (tertiary/aromatic N) is 2. The third-order valence-corrected chi connectivity index (χ3v) is 6.10. The number of benzene rings is 1. The summed E-state index contributed by atoms with van der Waals surface area (Å²) in [6.07, 6.45) is 0.299. The van der Waals surface area contributed by atoms with Crippen LogP contribution in [0.1, 0.15) is 36.3 Å². The maximum atomic E-state index is 12.3. The van der Waals surface area contributed by atoms with Crippen molar-refractivity contribution in [3.05, 3.63) is 61.9 Å². The van der Waals surface area contributed by atoms with Crippen LogP contribution in [0.5, 0.6) is 0 Å². The number of halogens is 1. The van der Waals surface area contributed by atoms with E-state index < -0.39 is 12.1 Å². The van der Waals surface area contributed by atoms with Gasteiger partial charge >= 0.3 is 6.09 Å². The fraction of sp³-hybridized carbons (Fsp3) is 0.235. The smallest absolute Gasteiger partial charge is 0.408 e. The Morgan fingerprint density at radius 2 is 2.00 bits per heavy atom. The second-order valence-corrected chi connectivity index (χ2v) is 8.36. The summed E-state index contributed by atoms with van der Waals surface area (Å²) >= 11 is 4.68. The van der Waals surface area contributed by atoms with E-state index in [1.807, 2.05) is 30.3 Å². The van der Waals surface area contributed by atoms with E-state index in [9.17, 15) is 14.7 Å². The van der Waals surface area contributed by atoms with Crippen LogP contribution in [0.15, 0.2) is 45.0 Å². The first-order chi connectivity index (χ1) is 12.0. The van der Waals surface area contributed by atoms with Crippen molar-refractivity contribution in [3.8, 4) is 0 Å². The van der Waals surface area contributed by atoms with E-state index in [4.69, 9.17) is 0 Å². The van der Waals surface area contributed by atoms with Gasteiger partial charge in [0, 0.05) is 0 Å². The summed E-state index contributed by atoms with van der Waals surface area (Å²) in [4.78, 5) is 33.0. The fourth-order valence-electron chi connectivity index (χ4n) is 3.44. The lowest BCUT2D eigenvalue weighted by molar-refractivity contribution is 0.120. The van der Waals surface area contributed by atoms with Gasteiger partial charge in [0.2, 0.25) is 0 Å². The van der Waals surface area contributed by atoms with E-state index in [1.165, 1.54) is 16.2 Å². The predicted molar refractivity (Wildman–Crippen MR) is 99.0 cm³/mol. The number of hydrogen-bond donors (Lipinski definition) is 2. The summed E-state index contributed by atoms with van der Waals surface area (Å²) in [5.41, 5.74) is 1.31. The molecule has 1 saturated heterocycles. The summed E-state index contributed by atoms with van der Waals surface area (Å²) in [6.45, 7) is 0. The molecular formula is C17H14BrN3O3S. The average Bonchev–Trinajstić information content (AvgIpc) is 3.19. The average molecular weight is 420 g/mol. The number of likely N-dealkylation sites (tertiary alicyclic amines) is 1. The number of nitrogens with one attached hydrogen (secondary N) is 1. The highest BCUT2D eigenvalue weighted by Crippen LogP contribution is 2.43. The molecule has 0 aliphatic carbocycles. The molecule has 2 atom stereocenters. The number of aromatic amines is 1. The molecule has 8 heteroatoms. The Bertz CT molecular complexity index is 1000. The van der Waals surface area contributed by atoms with Crippen molar-refractivity contribution in [1.29, 1.82) is 0 Å². The van der Waals surface area contributed by atoms with Crippen LogP contribution in [0.25, 0.3) is 10.2 Å². The summed E-state index contributed by atoms with van der Waals surface area (Å²) in [5.74, 6) is 0.406. The second-order valence-electron chi connectivity index (χ2n) is 5.93. The summed E-state index contributed by atoms with van der Waals surface area (Å²) in [5, 5.41) is 9.76. The van der Waals surface area contributed by atoms with E-state index in [0.29, 0.717) is 28.9 Å². The molecule has 3 aromatic rings. The quantitative estimate of drug-likeness (QED) is 0.647. The van der Waals surface area contributed by atoms with Crippen molar-refractivity contribution < 1.29 is 9.90 Å². The zero-order chi connectivity index (χ0) is 17.6. The summed E-state index contributed by atoms with van der Waals surface area (Å²) in [6, 6.07) is 10.7. The van der Waals surface area contributed by atoms with E-state index in [-0.39, 0.29) is 11.6 Å². The molecule has 4 rings (SSSR count). The minimum absolute atomic E-state index is 0.232. The van der Waals surface area contributed by atoms with Crippen molar-refractivity contribution in [2.45, 2.75) is 24.9 Å². The SMILES string of the molecule is O=C(O)N1[C@@H](c2ccccc2)CC[C@H]1c1nc2cc(Br)sc2c(=O)[nH]1. The molecule has 0 unspecified atom stereocenters. The monoisotopic (exact) mass is 419 g/mol. The highest BCUT2D eigenvalue weighted by atomic mass is 79.9. The Morgan fingerprint density at radius 3 is 2.72 bits per heavy atom. The highest BCUT2D eigenvalue weighted by molar-refractivity contribution is 9.11. The molecule has 0 bridgehead atoms. The number of H-pyrrole nitrogens is 1. The van der Waals surface area contributed by atoms with Crippen molar-refractivity contribution >= 4 is 43.6 Å². The minimum Gasteiger partial charge on any atom is -0.465 e. The van der Waals surface area contributed by atoms with E-state index in [0.717, 1.165) is 9.35 Å². The number of hydrogen-bond acceptors (Lipinski definition) is 4. The lowest BCUT2D eigenvalue weighted by Gasteiger charge is -2.27. The van der Waals surface area contributed by atoms with Crippen LogP contribution in [-0.2, 0) is 0 Å². The van der Waals surface area contributed by atoms with Gasteiger partial charge in [0.1, 0.15) is 10.5 Å². The van der Waals surface area contributed by atoms with Crippen LogP contribution in [0.4, 0.5) is 4.79 Å². The Kier molecular flexibility index (Phi) is 4.09. The van der Waals surface area contributed by atoms with Gasteiger partial charge in [-0.1, -0.05) is 30.3 Å². The number of rotatable bonds is 2. The molecule has 6 nitrogen and oxygen atoms in total. The standard InChI is InChI=1S/C17H14BrN3O3S/c18-13-8-10-14(25-13)16(22)20-15(19-10)12-7-6-11(21(12)17(23)24)9-4-2-1-3-5-9/h1-5,8,11-12H,6-7H2,(H,23,24)(H,19,20,22)/t11-,12+/m1/s1. The van der Waals surface area contributed by atoms with Crippen LogP contribution < -0.4 is 5.56 Å². The molecular weight excluding hydrogens is 406 g/mol. The van der Waals surface area contributed by atoms with Crippen LogP contribution in [0.2, 0.25) is 0 Å². The van der Waals surface area contributed by atoms with Crippen molar-refractivity contribution in [3.63, 3.8) is 0 Å². The van der Waals surface area contributed by atoms with E-state index in [1.54, 1.807) is 6.07 Å². The van der Waals surface area contributed by atoms with Crippen molar-refractivity contribution in [1.82, 2.24) is 14.9 Å². The number of carboxylic acid groups (broad SMARTS) is 1. The van der Waals surface area contributed by atoms with Gasteiger partial charge in [-0.15, -0.1) is 11.3 Å². The maximum Gasteiger partial charge on any atom is 0.408 e. The van der Waals surface area contributed by atoms with Crippen LogP contribution in [-0.4, -0.2) is 26.1 Å². The molecule has 128 valence electrons. The van der Waals surface area contributed by atoms with Crippen LogP contribution in [0, 0.1) is 0 Å². The number of amides is 1. The lowest BCUT2D eigenvalue weighted by atomic mass is 10.1. The largest absolute Gasteiger partial charge is 0.465 e. The van der Waals surface area contributed by atoms with E-state index >= 15 is 0 Å². The molecule has 3 heterocycles. The minimum atomic E-state index is -1.01. The molecule has 2 N–H and O–H groups in total. The Labute approximate surface area is 155 Å². The number of fused-ring (bicyclic) bond motifs is 1. The molecule has 0 saturated carbocycles. The predicted octanol–water partition coefficient (Wildman–Crippen LogP) is 4.30. The van der Waals surface area contributed by atoms with Gasteiger partial charge in [-0.2, -0.15) is 0 Å². The Balaban J connectivity index is 1.77. The molecule has 0 spiro atoms. The topological polar surface area (TPSA) is 86.3 Å². The van der Waals surface area contributed by atoms with Gasteiger partial charge in [-0.05, 0) is 40.4 Å². The van der Waals surface area contributed by atoms with Gasteiger partial charge in [-0.3, -0.25) is 9.69 Å². The second kappa shape index (κ2) is 6.27. The normalized spacial score (nSPS) is 20.3. The Morgan fingerprint density at radius 1 is 1.28 bits per heavy atom. The first-order valence-corrected chi connectivity index (χ1v) is 9.41. The zero-order valence-electron chi connectivity index (χ0n) is 13.0. The van der Waals surface area contributed by atoms with Crippen LogP contribution in [0.3, 0.4) is 0 Å². The van der Waals surface area contributed by atoms with Gasteiger partial charge in [-0.25, -0.2) is 9.78 Å². The zero-order valence-corrected chi connectivity index (χ0v) is 15.4. The highest BCUT2D eigenvalue weighted by Gasteiger charge is 2.40.